The molecule has 3 heterocycles. The largest absolute Gasteiger partial charge is 0.417 e. The minimum Gasteiger partial charge on any atom is -0.383 e. The highest BCUT2D eigenvalue weighted by Crippen LogP contribution is 2.39. The van der Waals surface area contributed by atoms with Crippen molar-refractivity contribution in [2.24, 2.45) is 11.8 Å². The summed E-state index contributed by atoms with van der Waals surface area (Å²) >= 11 is 0. The fourth-order valence-electron chi connectivity index (χ4n) is 3.07. The standard InChI is InChI=1S/C19H13F3N6O/c20-19(21,22)14-1-2-25-7-13(14)15-4-9-5-16(26-8-12(9)17(24)27-15)28-18(29)11-3-10(11)6-23/h1-2,4-5,7-8,10-11H,3H2,(H2,24,27)(H,26,28,29). The molecule has 3 aromatic rings. The van der Waals surface area contributed by atoms with Crippen LogP contribution in [0.15, 0.2) is 36.8 Å². The van der Waals surface area contributed by atoms with Gasteiger partial charge in [-0.25, -0.2) is 9.97 Å². The van der Waals surface area contributed by atoms with Crippen LogP contribution in [0.3, 0.4) is 0 Å². The third-order valence-electron chi connectivity index (χ3n) is 4.69. The first-order valence-electron chi connectivity index (χ1n) is 8.56. The van der Waals surface area contributed by atoms with Crippen molar-refractivity contribution in [1.82, 2.24) is 15.0 Å². The molecule has 1 amide bonds. The molecule has 0 saturated heterocycles. The van der Waals surface area contributed by atoms with Crippen LogP contribution < -0.4 is 11.1 Å². The van der Waals surface area contributed by atoms with Crippen molar-refractivity contribution in [2.75, 3.05) is 11.1 Å². The van der Waals surface area contributed by atoms with Crippen LogP contribution in [-0.2, 0) is 11.0 Å². The van der Waals surface area contributed by atoms with Gasteiger partial charge in [-0.1, -0.05) is 0 Å². The van der Waals surface area contributed by atoms with E-state index >= 15 is 0 Å². The van der Waals surface area contributed by atoms with Gasteiger partial charge in [0.15, 0.2) is 0 Å². The number of rotatable bonds is 3. The average molecular weight is 398 g/mol. The number of nitrogens with zero attached hydrogens (tertiary/aromatic N) is 4. The van der Waals surface area contributed by atoms with E-state index in [1.54, 1.807) is 0 Å². The number of nitrogens with two attached hydrogens (primary N) is 1. The highest BCUT2D eigenvalue weighted by Gasteiger charge is 2.43. The highest BCUT2D eigenvalue weighted by atomic mass is 19.4. The Hall–Kier alpha value is -3.74. The topological polar surface area (TPSA) is 118 Å². The van der Waals surface area contributed by atoms with Crippen LogP contribution in [-0.4, -0.2) is 20.9 Å². The molecule has 3 aromatic heterocycles. The molecule has 0 radical (unpaired) electrons. The van der Waals surface area contributed by atoms with Gasteiger partial charge in [0.05, 0.1) is 29.2 Å². The number of pyridine rings is 3. The molecule has 1 fully saturated rings. The van der Waals surface area contributed by atoms with Gasteiger partial charge in [0.1, 0.15) is 11.6 Å². The molecule has 0 bridgehead atoms. The van der Waals surface area contributed by atoms with Gasteiger partial charge >= 0.3 is 6.18 Å². The molecule has 7 nitrogen and oxygen atoms in total. The zero-order chi connectivity index (χ0) is 20.8. The molecule has 146 valence electrons. The van der Waals surface area contributed by atoms with E-state index < -0.39 is 11.7 Å². The van der Waals surface area contributed by atoms with Gasteiger partial charge in [0.25, 0.3) is 0 Å². The summed E-state index contributed by atoms with van der Waals surface area (Å²) in [6.45, 7) is 0. The Morgan fingerprint density at radius 3 is 2.79 bits per heavy atom. The maximum absolute atomic E-state index is 13.3. The van der Waals surface area contributed by atoms with E-state index in [1.807, 2.05) is 6.07 Å². The second kappa shape index (κ2) is 6.70. The van der Waals surface area contributed by atoms with E-state index in [9.17, 15) is 18.0 Å². The number of hydrogen-bond acceptors (Lipinski definition) is 6. The molecule has 2 atom stereocenters. The Bertz CT molecular complexity index is 1170. The van der Waals surface area contributed by atoms with Crippen LogP contribution in [0.1, 0.15) is 12.0 Å². The van der Waals surface area contributed by atoms with Crippen molar-refractivity contribution >= 4 is 28.3 Å². The van der Waals surface area contributed by atoms with E-state index in [4.69, 9.17) is 11.0 Å². The lowest BCUT2D eigenvalue weighted by Crippen LogP contribution is -2.15. The number of fused-ring (bicyclic) bond motifs is 1. The number of hydrogen-bond donors (Lipinski definition) is 2. The molecule has 1 aliphatic carbocycles. The number of halogens is 3. The van der Waals surface area contributed by atoms with Crippen molar-refractivity contribution < 1.29 is 18.0 Å². The first-order valence-corrected chi connectivity index (χ1v) is 8.56. The van der Waals surface area contributed by atoms with Gasteiger partial charge in [0, 0.05) is 29.5 Å². The molecular weight excluding hydrogens is 385 g/mol. The molecule has 4 rings (SSSR count). The summed E-state index contributed by atoms with van der Waals surface area (Å²) in [5, 5.41) is 12.3. The fourth-order valence-corrected chi connectivity index (χ4v) is 3.07. The minimum atomic E-state index is -4.58. The van der Waals surface area contributed by atoms with E-state index in [0.29, 0.717) is 17.2 Å². The third-order valence-corrected chi connectivity index (χ3v) is 4.69. The van der Waals surface area contributed by atoms with Crippen LogP contribution in [0, 0.1) is 23.2 Å². The molecule has 1 aliphatic rings. The maximum Gasteiger partial charge on any atom is 0.417 e. The van der Waals surface area contributed by atoms with Crippen molar-refractivity contribution in [3.05, 3.63) is 42.4 Å². The number of nitrogen functional groups attached to an aromatic ring is 1. The lowest BCUT2D eigenvalue weighted by Gasteiger charge is -2.13. The predicted molar refractivity (Wildman–Crippen MR) is 98.0 cm³/mol. The zero-order valence-corrected chi connectivity index (χ0v) is 14.7. The van der Waals surface area contributed by atoms with E-state index in [-0.39, 0.29) is 40.6 Å². The Kier molecular flexibility index (Phi) is 4.30. The van der Waals surface area contributed by atoms with Gasteiger partial charge in [-0.3, -0.25) is 9.78 Å². The first-order chi connectivity index (χ1) is 13.8. The van der Waals surface area contributed by atoms with Crippen LogP contribution in [0.2, 0.25) is 0 Å². The number of aromatic nitrogens is 3. The lowest BCUT2D eigenvalue weighted by atomic mass is 10.0. The molecule has 10 heteroatoms. The number of amides is 1. The van der Waals surface area contributed by atoms with E-state index in [2.05, 4.69) is 20.3 Å². The van der Waals surface area contributed by atoms with E-state index in [1.165, 1.54) is 18.3 Å². The monoisotopic (exact) mass is 398 g/mol. The molecule has 2 unspecified atom stereocenters. The molecule has 3 N–H and O–H groups in total. The third kappa shape index (κ3) is 3.54. The predicted octanol–water partition coefficient (Wildman–Crippen LogP) is 3.39. The quantitative estimate of drug-likeness (QED) is 0.698. The molecule has 29 heavy (non-hydrogen) atoms. The molecular formula is C19H13F3N6O. The Labute approximate surface area is 162 Å². The van der Waals surface area contributed by atoms with Crippen molar-refractivity contribution in [1.29, 1.82) is 5.26 Å². The SMILES string of the molecule is N#CC1CC1C(=O)Nc1cc2cc(-c3cnccc3C(F)(F)F)nc(N)c2cn1. The summed E-state index contributed by atoms with van der Waals surface area (Å²) in [4.78, 5) is 24.1. The van der Waals surface area contributed by atoms with Gasteiger partial charge in [-0.2, -0.15) is 18.4 Å². The van der Waals surface area contributed by atoms with Gasteiger partial charge in [-0.05, 0) is 30.0 Å². The molecule has 0 aliphatic heterocycles. The van der Waals surface area contributed by atoms with Gasteiger partial charge in [0.2, 0.25) is 5.91 Å². The van der Waals surface area contributed by atoms with Crippen molar-refractivity contribution in [2.45, 2.75) is 12.6 Å². The molecule has 1 saturated carbocycles. The van der Waals surface area contributed by atoms with Crippen LogP contribution in [0.25, 0.3) is 22.0 Å². The van der Waals surface area contributed by atoms with Crippen LogP contribution in [0.5, 0.6) is 0 Å². The molecule has 0 spiro atoms. The maximum atomic E-state index is 13.3. The summed E-state index contributed by atoms with van der Waals surface area (Å²) in [6, 6.07) is 5.84. The van der Waals surface area contributed by atoms with E-state index in [0.717, 1.165) is 18.5 Å². The van der Waals surface area contributed by atoms with Gasteiger partial charge < -0.3 is 11.1 Å². The number of carbonyl (C=O) groups is 1. The Morgan fingerprint density at radius 2 is 2.10 bits per heavy atom. The summed E-state index contributed by atoms with van der Waals surface area (Å²) < 4.78 is 40.0. The highest BCUT2D eigenvalue weighted by molar-refractivity contribution is 5.98. The van der Waals surface area contributed by atoms with Crippen molar-refractivity contribution in [3.8, 4) is 17.3 Å². The number of alkyl halides is 3. The summed E-state index contributed by atoms with van der Waals surface area (Å²) in [5.74, 6) is -0.776. The van der Waals surface area contributed by atoms with Gasteiger partial charge in [-0.15, -0.1) is 0 Å². The van der Waals surface area contributed by atoms with Crippen molar-refractivity contribution in [3.63, 3.8) is 0 Å². The second-order valence-corrected chi connectivity index (χ2v) is 6.67. The summed E-state index contributed by atoms with van der Waals surface area (Å²) in [6.07, 6.45) is -0.559. The Morgan fingerprint density at radius 1 is 1.31 bits per heavy atom. The smallest absolute Gasteiger partial charge is 0.383 e. The Balaban J connectivity index is 1.73. The summed E-state index contributed by atoms with van der Waals surface area (Å²) in [7, 11) is 0. The van der Waals surface area contributed by atoms with Crippen LogP contribution in [0.4, 0.5) is 24.8 Å². The number of nitriles is 1. The number of carbonyl (C=O) groups excluding carboxylic acids is 1. The number of nitrogens with one attached hydrogen (secondary N) is 1. The summed E-state index contributed by atoms with van der Waals surface area (Å²) in [5.41, 5.74) is 4.85. The number of anilines is 2. The molecule has 0 aromatic carbocycles. The second-order valence-electron chi connectivity index (χ2n) is 6.67. The average Bonchev–Trinajstić information content (AvgIpc) is 3.47. The first kappa shape index (κ1) is 18.6. The zero-order valence-electron chi connectivity index (χ0n) is 14.7. The normalized spacial score (nSPS) is 18.3. The minimum absolute atomic E-state index is 0.00522. The lowest BCUT2D eigenvalue weighted by molar-refractivity contribution is -0.137. The fraction of sp³-hybridized carbons (Fsp3) is 0.211. The van der Waals surface area contributed by atoms with Crippen LogP contribution >= 0.6 is 0 Å².